The molecule has 0 N–H and O–H groups in total. The van der Waals surface area contributed by atoms with Crippen LogP contribution in [-0.4, -0.2) is 0 Å². The van der Waals surface area contributed by atoms with E-state index in [9.17, 15) is 4.39 Å². The van der Waals surface area contributed by atoms with Gasteiger partial charge in [-0.15, -0.1) is 0 Å². The highest BCUT2D eigenvalue weighted by molar-refractivity contribution is 9.10. The molecule has 1 aromatic rings. The van der Waals surface area contributed by atoms with Crippen LogP contribution in [0.2, 0.25) is 0 Å². The van der Waals surface area contributed by atoms with Crippen molar-refractivity contribution in [1.82, 2.24) is 0 Å². The lowest BCUT2D eigenvalue weighted by Crippen LogP contribution is -1.92. The molecule has 0 fully saturated rings. The molecule has 0 saturated carbocycles. The predicted octanol–water partition coefficient (Wildman–Crippen LogP) is 2.72. The molecule has 0 aliphatic rings. The molecule has 0 spiro atoms. The maximum Gasteiger partial charge on any atom is 0.158 e. The van der Waals surface area contributed by atoms with Gasteiger partial charge in [0.15, 0.2) is 5.92 Å². The first kappa shape index (κ1) is 9.70. The topological polar surface area (TPSA) is 47.6 Å². The molecule has 2 nitrogen and oxygen atoms in total. The van der Waals surface area contributed by atoms with E-state index >= 15 is 0 Å². The fraction of sp³-hybridized carbons (Fsp3) is 0.111. The molecule has 0 aromatic heterocycles. The molecule has 0 aliphatic heterocycles. The monoisotopic (exact) mass is 238 g/mol. The van der Waals surface area contributed by atoms with Crippen LogP contribution in [0, 0.1) is 28.5 Å². The van der Waals surface area contributed by atoms with Gasteiger partial charge in [0, 0.05) is 0 Å². The lowest BCUT2D eigenvalue weighted by Gasteiger charge is -2.00. The summed E-state index contributed by atoms with van der Waals surface area (Å²) in [6, 6.07) is 7.75. The minimum atomic E-state index is -0.900. The van der Waals surface area contributed by atoms with Crippen molar-refractivity contribution in [3.8, 4) is 12.1 Å². The molecule has 13 heavy (non-hydrogen) atoms. The number of nitrogens with zero attached hydrogens (tertiary/aromatic N) is 2. The van der Waals surface area contributed by atoms with E-state index in [0.29, 0.717) is 10.0 Å². The second-order valence-corrected chi connectivity index (χ2v) is 3.22. The van der Waals surface area contributed by atoms with Gasteiger partial charge in [0.05, 0.1) is 16.6 Å². The number of hydrogen-bond donors (Lipinski definition) is 0. The van der Waals surface area contributed by atoms with Crippen LogP contribution < -0.4 is 0 Å². The Bertz CT molecular complexity index is 389. The quantitative estimate of drug-likeness (QED) is 0.756. The summed E-state index contributed by atoms with van der Waals surface area (Å²) in [6.07, 6.45) is 0. The lowest BCUT2D eigenvalue weighted by molar-refractivity contribution is 0.619. The van der Waals surface area contributed by atoms with Gasteiger partial charge in [-0.25, -0.2) is 4.39 Å². The van der Waals surface area contributed by atoms with Gasteiger partial charge < -0.3 is 0 Å². The Labute approximate surface area is 83.3 Å². The molecule has 0 bridgehead atoms. The fourth-order valence-corrected chi connectivity index (χ4v) is 1.12. The maximum absolute atomic E-state index is 12.9. The molecular weight excluding hydrogens is 235 g/mol. The average Bonchev–Trinajstić information content (AvgIpc) is 2.13. The third-order valence-electron chi connectivity index (χ3n) is 1.54. The first-order valence-electron chi connectivity index (χ1n) is 3.43. The zero-order chi connectivity index (χ0) is 9.84. The van der Waals surface area contributed by atoms with Crippen molar-refractivity contribution in [3.05, 3.63) is 34.1 Å². The Morgan fingerprint density at radius 3 is 2.38 bits per heavy atom. The molecule has 0 aliphatic carbocycles. The van der Waals surface area contributed by atoms with E-state index in [2.05, 4.69) is 15.9 Å². The van der Waals surface area contributed by atoms with Crippen LogP contribution in [0.1, 0.15) is 11.5 Å². The van der Waals surface area contributed by atoms with E-state index in [1.807, 2.05) is 0 Å². The molecule has 4 heteroatoms. The Kier molecular flexibility index (Phi) is 3.00. The van der Waals surface area contributed by atoms with E-state index in [4.69, 9.17) is 10.5 Å². The van der Waals surface area contributed by atoms with Crippen molar-refractivity contribution in [2.45, 2.75) is 5.92 Å². The van der Waals surface area contributed by atoms with E-state index in [-0.39, 0.29) is 0 Å². The molecule has 1 aromatic carbocycles. The van der Waals surface area contributed by atoms with Crippen LogP contribution in [0.15, 0.2) is 22.7 Å². The van der Waals surface area contributed by atoms with Crippen molar-refractivity contribution in [3.63, 3.8) is 0 Å². The summed E-state index contributed by atoms with van der Waals surface area (Å²) in [7, 11) is 0. The SMILES string of the molecule is N#CC(C#N)c1ccc(Br)c(F)c1. The largest absolute Gasteiger partial charge is 0.206 e. The van der Waals surface area contributed by atoms with Gasteiger partial charge in [-0.1, -0.05) is 6.07 Å². The van der Waals surface area contributed by atoms with Crippen LogP contribution in [0.4, 0.5) is 4.39 Å². The van der Waals surface area contributed by atoms with Gasteiger partial charge in [-0.05, 0) is 33.6 Å². The summed E-state index contributed by atoms with van der Waals surface area (Å²) in [6.45, 7) is 0. The van der Waals surface area contributed by atoms with Crippen molar-refractivity contribution in [2.75, 3.05) is 0 Å². The van der Waals surface area contributed by atoms with Gasteiger partial charge in [0.25, 0.3) is 0 Å². The number of hydrogen-bond acceptors (Lipinski definition) is 2. The highest BCUT2D eigenvalue weighted by Crippen LogP contribution is 2.21. The smallest absolute Gasteiger partial charge is 0.158 e. The van der Waals surface area contributed by atoms with Gasteiger partial charge in [0.1, 0.15) is 5.82 Å². The van der Waals surface area contributed by atoms with Crippen LogP contribution in [-0.2, 0) is 0 Å². The van der Waals surface area contributed by atoms with Gasteiger partial charge in [-0.3, -0.25) is 0 Å². The molecule has 0 radical (unpaired) electrons. The van der Waals surface area contributed by atoms with Crippen molar-refractivity contribution in [2.24, 2.45) is 0 Å². The minimum absolute atomic E-state index is 0.325. The Balaban J connectivity index is 3.13. The molecule has 0 atom stereocenters. The highest BCUT2D eigenvalue weighted by atomic mass is 79.9. The summed E-state index contributed by atoms with van der Waals surface area (Å²) in [5.41, 5.74) is 0.380. The van der Waals surface area contributed by atoms with Crippen molar-refractivity contribution >= 4 is 15.9 Å². The van der Waals surface area contributed by atoms with E-state index in [1.165, 1.54) is 12.1 Å². The van der Waals surface area contributed by atoms with E-state index in [1.54, 1.807) is 18.2 Å². The molecule has 0 amide bonds. The molecular formula is C9H4BrFN2. The zero-order valence-corrected chi connectivity index (χ0v) is 8.05. The second kappa shape index (κ2) is 4.02. The number of nitriles is 2. The van der Waals surface area contributed by atoms with Gasteiger partial charge >= 0.3 is 0 Å². The Morgan fingerprint density at radius 1 is 1.31 bits per heavy atom. The number of benzene rings is 1. The van der Waals surface area contributed by atoms with Gasteiger partial charge in [-0.2, -0.15) is 10.5 Å². The van der Waals surface area contributed by atoms with Crippen LogP contribution in [0.25, 0.3) is 0 Å². The van der Waals surface area contributed by atoms with Crippen molar-refractivity contribution in [1.29, 1.82) is 10.5 Å². The Morgan fingerprint density at radius 2 is 1.92 bits per heavy atom. The van der Waals surface area contributed by atoms with Crippen LogP contribution in [0.3, 0.4) is 0 Å². The van der Waals surface area contributed by atoms with E-state index < -0.39 is 11.7 Å². The third-order valence-corrected chi connectivity index (χ3v) is 2.18. The molecule has 0 unspecified atom stereocenters. The fourth-order valence-electron chi connectivity index (χ4n) is 0.870. The normalized spacial score (nSPS) is 9.31. The summed E-state index contributed by atoms with van der Waals surface area (Å²) in [4.78, 5) is 0. The molecule has 1 rings (SSSR count). The predicted molar refractivity (Wildman–Crippen MR) is 48.1 cm³/mol. The summed E-state index contributed by atoms with van der Waals surface area (Å²) in [5.74, 6) is -1.37. The Hall–Kier alpha value is -1.39. The maximum atomic E-state index is 12.9. The minimum Gasteiger partial charge on any atom is -0.206 e. The molecule has 64 valence electrons. The van der Waals surface area contributed by atoms with Gasteiger partial charge in [0.2, 0.25) is 0 Å². The van der Waals surface area contributed by atoms with Crippen LogP contribution in [0.5, 0.6) is 0 Å². The first-order valence-corrected chi connectivity index (χ1v) is 4.22. The zero-order valence-electron chi connectivity index (χ0n) is 6.46. The standard InChI is InChI=1S/C9H4BrFN2/c10-8-2-1-6(3-9(8)11)7(4-12)5-13/h1-3,7H. The number of halogens is 2. The number of rotatable bonds is 1. The molecule has 0 heterocycles. The third kappa shape index (κ3) is 2.05. The summed E-state index contributed by atoms with van der Waals surface area (Å²) >= 11 is 2.98. The van der Waals surface area contributed by atoms with Crippen molar-refractivity contribution < 1.29 is 4.39 Å². The molecule has 0 saturated heterocycles. The summed E-state index contributed by atoms with van der Waals surface area (Å²) in [5, 5.41) is 17.1. The second-order valence-electron chi connectivity index (χ2n) is 2.36. The summed E-state index contributed by atoms with van der Waals surface area (Å²) < 4.78 is 13.3. The average molecular weight is 239 g/mol. The lowest BCUT2D eigenvalue weighted by atomic mass is 10.0. The van der Waals surface area contributed by atoms with E-state index in [0.717, 1.165) is 0 Å². The van der Waals surface area contributed by atoms with Crippen LogP contribution >= 0.6 is 15.9 Å². The first-order chi connectivity index (χ1) is 6.19. The highest BCUT2D eigenvalue weighted by Gasteiger charge is 2.10.